The number of nitrogens with one attached hydrogen (secondary N) is 1. The first kappa shape index (κ1) is 21.6. The van der Waals surface area contributed by atoms with Gasteiger partial charge in [-0.05, 0) is 37.1 Å². The van der Waals surface area contributed by atoms with Crippen LogP contribution in [0.3, 0.4) is 0 Å². The summed E-state index contributed by atoms with van der Waals surface area (Å²) in [7, 11) is 0. The van der Waals surface area contributed by atoms with Crippen molar-refractivity contribution in [1.82, 2.24) is 19.8 Å². The molecule has 7 nitrogen and oxygen atoms in total. The van der Waals surface area contributed by atoms with Crippen LogP contribution in [0.4, 0.5) is 0 Å². The first-order chi connectivity index (χ1) is 15.0. The number of unbranched alkanes of at least 4 members (excludes halogenated alkanes) is 1. The molecule has 2 aliphatic heterocycles. The number of carbonyl (C=O) groups excluding carboxylic acids is 2. The fourth-order valence-corrected chi connectivity index (χ4v) is 4.49. The zero-order valence-corrected chi connectivity index (χ0v) is 18.5. The fraction of sp³-hybridized carbons (Fsp3) is 0.478. The summed E-state index contributed by atoms with van der Waals surface area (Å²) < 4.78 is 0. The number of aromatic amines is 1. The van der Waals surface area contributed by atoms with Crippen molar-refractivity contribution in [3.8, 4) is 11.4 Å². The van der Waals surface area contributed by atoms with Gasteiger partial charge in [-0.3, -0.25) is 14.4 Å². The molecular weight excluding hydrogens is 416 g/mol. The molecule has 1 aromatic heterocycles. The molecular formula is C23H27ClN4O3. The largest absolute Gasteiger partial charge is 0.336 e. The van der Waals surface area contributed by atoms with E-state index in [-0.39, 0.29) is 36.4 Å². The zero-order valence-electron chi connectivity index (χ0n) is 17.7. The van der Waals surface area contributed by atoms with Gasteiger partial charge in [-0.2, -0.15) is 0 Å². The lowest BCUT2D eigenvalue weighted by atomic mass is 9.90. The molecule has 1 atom stereocenters. The Balaban J connectivity index is 1.63. The van der Waals surface area contributed by atoms with E-state index < -0.39 is 0 Å². The number of H-pyrrole nitrogens is 1. The third kappa shape index (κ3) is 4.66. The van der Waals surface area contributed by atoms with Crippen molar-refractivity contribution >= 4 is 23.4 Å². The lowest BCUT2D eigenvalue weighted by molar-refractivity contribution is -0.139. The third-order valence-corrected chi connectivity index (χ3v) is 6.35. The molecule has 1 N–H and O–H groups in total. The Hall–Kier alpha value is -2.67. The Morgan fingerprint density at radius 1 is 1.26 bits per heavy atom. The lowest BCUT2D eigenvalue weighted by Gasteiger charge is -2.34. The summed E-state index contributed by atoms with van der Waals surface area (Å²) in [6.07, 6.45) is 4.17. The van der Waals surface area contributed by atoms with E-state index in [9.17, 15) is 14.4 Å². The van der Waals surface area contributed by atoms with Crippen LogP contribution in [0.5, 0.6) is 0 Å². The average molecular weight is 443 g/mol. The molecule has 0 bridgehead atoms. The number of aromatic nitrogens is 2. The molecule has 1 fully saturated rings. The summed E-state index contributed by atoms with van der Waals surface area (Å²) in [6, 6.07) is 7.20. The second-order valence-electron chi connectivity index (χ2n) is 8.32. The molecule has 2 aromatic rings. The predicted molar refractivity (Wildman–Crippen MR) is 119 cm³/mol. The lowest BCUT2D eigenvalue weighted by Crippen LogP contribution is -2.46. The van der Waals surface area contributed by atoms with Crippen LogP contribution in [0.2, 0.25) is 5.02 Å². The molecule has 0 aliphatic carbocycles. The molecule has 2 aliphatic rings. The Morgan fingerprint density at radius 2 is 2.03 bits per heavy atom. The summed E-state index contributed by atoms with van der Waals surface area (Å²) in [5, 5.41) is 0.621. The second kappa shape index (κ2) is 9.22. The minimum atomic E-state index is -0.216. The van der Waals surface area contributed by atoms with Crippen molar-refractivity contribution in [2.45, 2.75) is 51.5 Å². The Labute approximate surface area is 186 Å². The predicted octanol–water partition coefficient (Wildman–Crippen LogP) is 3.33. The molecule has 1 unspecified atom stereocenters. The van der Waals surface area contributed by atoms with Gasteiger partial charge in [0.1, 0.15) is 5.82 Å². The molecule has 31 heavy (non-hydrogen) atoms. The smallest absolute Gasteiger partial charge is 0.256 e. The van der Waals surface area contributed by atoms with Crippen LogP contribution in [0.25, 0.3) is 11.4 Å². The van der Waals surface area contributed by atoms with Gasteiger partial charge in [0.05, 0.1) is 24.3 Å². The third-order valence-electron chi connectivity index (χ3n) is 6.10. The Kier molecular flexibility index (Phi) is 6.41. The Bertz CT molecular complexity index is 1030. The number of rotatable bonds is 6. The SMILES string of the molecule is CCCCC1CN(C(=O)CN2CCCC2=O)Cc2c1nc(-c1ccc(Cl)cc1)[nH]c2=O. The molecule has 1 aromatic carbocycles. The highest BCUT2D eigenvalue weighted by Crippen LogP contribution is 2.31. The van der Waals surface area contributed by atoms with Gasteiger partial charge in [0, 0.05) is 36.0 Å². The number of benzene rings is 1. The molecule has 4 rings (SSSR count). The monoisotopic (exact) mass is 442 g/mol. The summed E-state index contributed by atoms with van der Waals surface area (Å²) in [6.45, 7) is 3.58. The van der Waals surface area contributed by atoms with Gasteiger partial charge in [0.2, 0.25) is 11.8 Å². The van der Waals surface area contributed by atoms with Gasteiger partial charge >= 0.3 is 0 Å². The molecule has 1 saturated heterocycles. The quantitative estimate of drug-likeness (QED) is 0.743. The van der Waals surface area contributed by atoms with E-state index in [1.165, 1.54) is 0 Å². The number of amides is 2. The number of hydrogen-bond donors (Lipinski definition) is 1. The van der Waals surface area contributed by atoms with Crippen LogP contribution in [0.15, 0.2) is 29.1 Å². The van der Waals surface area contributed by atoms with Crippen molar-refractivity contribution in [3.63, 3.8) is 0 Å². The molecule has 8 heteroatoms. The highest BCUT2D eigenvalue weighted by atomic mass is 35.5. The van der Waals surface area contributed by atoms with E-state index in [1.54, 1.807) is 21.9 Å². The van der Waals surface area contributed by atoms with Crippen LogP contribution in [0.1, 0.15) is 56.2 Å². The van der Waals surface area contributed by atoms with Crippen molar-refractivity contribution in [3.05, 3.63) is 50.9 Å². The van der Waals surface area contributed by atoms with Crippen molar-refractivity contribution < 1.29 is 9.59 Å². The highest BCUT2D eigenvalue weighted by molar-refractivity contribution is 6.30. The standard InChI is InChI=1S/C23H27ClN4O3/c1-2-3-5-16-12-28(20(30)14-27-11-4-6-19(27)29)13-18-21(16)25-22(26-23(18)31)15-7-9-17(24)10-8-15/h7-10,16H,2-6,11-14H2,1H3,(H,25,26,31). The maximum Gasteiger partial charge on any atom is 0.256 e. The molecule has 3 heterocycles. The summed E-state index contributed by atoms with van der Waals surface area (Å²) >= 11 is 5.99. The first-order valence-corrected chi connectivity index (χ1v) is 11.3. The first-order valence-electron chi connectivity index (χ1n) is 10.9. The number of hydrogen-bond acceptors (Lipinski definition) is 4. The minimum Gasteiger partial charge on any atom is -0.336 e. The number of carbonyl (C=O) groups is 2. The highest BCUT2D eigenvalue weighted by Gasteiger charge is 2.33. The topological polar surface area (TPSA) is 86.4 Å². The fourth-order valence-electron chi connectivity index (χ4n) is 4.36. The number of halogens is 1. The van der Waals surface area contributed by atoms with Gasteiger partial charge < -0.3 is 14.8 Å². The average Bonchev–Trinajstić information content (AvgIpc) is 3.16. The van der Waals surface area contributed by atoms with Crippen LogP contribution in [0, 0.1) is 0 Å². The number of fused-ring (bicyclic) bond motifs is 1. The summed E-state index contributed by atoms with van der Waals surface area (Å²) in [4.78, 5) is 48.9. The van der Waals surface area contributed by atoms with Crippen LogP contribution < -0.4 is 5.56 Å². The van der Waals surface area contributed by atoms with Crippen molar-refractivity contribution in [2.24, 2.45) is 0 Å². The van der Waals surface area contributed by atoms with Gasteiger partial charge in [-0.1, -0.05) is 31.4 Å². The maximum absolute atomic E-state index is 13.0. The van der Waals surface area contributed by atoms with Gasteiger partial charge in [-0.15, -0.1) is 0 Å². The van der Waals surface area contributed by atoms with Crippen LogP contribution in [-0.4, -0.2) is 51.2 Å². The number of nitrogens with zero attached hydrogens (tertiary/aromatic N) is 3. The molecule has 164 valence electrons. The summed E-state index contributed by atoms with van der Waals surface area (Å²) in [5.74, 6) is 0.434. The van der Waals surface area contributed by atoms with E-state index >= 15 is 0 Å². The maximum atomic E-state index is 13.0. The van der Waals surface area contributed by atoms with E-state index in [0.717, 1.165) is 36.9 Å². The molecule has 0 saturated carbocycles. The Morgan fingerprint density at radius 3 is 2.71 bits per heavy atom. The summed E-state index contributed by atoms with van der Waals surface area (Å²) in [5.41, 5.74) is 1.91. The number of likely N-dealkylation sites (tertiary alicyclic amines) is 1. The molecule has 2 amide bonds. The van der Waals surface area contributed by atoms with Crippen molar-refractivity contribution in [2.75, 3.05) is 19.6 Å². The van der Waals surface area contributed by atoms with Gasteiger partial charge in [0.25, 0.3) is 5.56 Å². The van der Waals surface area contributed by atoms with Gasteiger partial charge in [-0.25, -0.2) is 4.98 Å². The van der Waals surface area contributed by atoms with Crippen molar-refractivity contribution in [1.29, 1.82) is 0 Å². The van der Waals surface area contributed by atoms with E-state index in [4.69, 9.17) is 16.6 Å². The second-order valence-corrected chi connectivity index (χ2v) is 8.75. The van der Waals surface area contributed by atoms with E-state index in [0.29, 0.717) is 35.9 Å². The van der Waals surface area contributed by atoms with E-state index in [2.05, 4.69) is 11.9 Å². The minimum absolute atomic E-state index is 0.00437. The molecule has 0 radical (unpaired) electrons. The molecule has 0 spiro atoms. The van der Waals surface area contributed by atoms with E-state index in [1.807, 2.05) is 12.1 Å². The van der Waals surface area contributed by atoms with Crippen LogP contribution in [-0.2, 0) is 16.1 Å². The zero-order chi connectivity index (χ0) is 22.0. The van der Waals surface area contributed by atoms with Gasteiger partial charge in [0.15, 0.2) is 0 Å². The van der Waals surface area contributed by atoms with Crippen LogP contribution >= 0.6 is 11.6 Å². The normalized spacial score (nSPS) is 18.4.